The van der Waals surface area contributed by atoms with Crippen LogP contribution in [0, 0.1) is 17.0 Å². The number of fused-ring (bicyclic) bond motifs is 1. The lowest BCUT2D eigenvalue weighted by Crippen LogP contribution is -2.37. The summed E-state index contributed by atoms with van der Waals surface area (Å²) in [5.74, 6) is -1.32. The highest BCUT2D eigenvalue weighted by atomic mass is 16.5. The zero-order valence-corrected chi connectivity index (χ0v) is 9.88. The van der Waals surface area contributed by atoms with Crippen molar-refractivity contribution >= 4 is 16.9 Å². The fourth-order valence-corrected chi connectivity index (χ4v) is 1.75. The molecule has 1 aromatic carbocycles. The second kappa shape index (κ2) is 5.07. The van der Waals surface area contributed by atoms with Crippen molar-refractivity contribution in [3.05, 3.63) is 45.8 Å². The Hall–Kier alpha value is -2.41. The van der Waals surface area contributed by atoms with E-state index in [1.54, 1.807) is 5.32 Å². The molecule has 2 rings (SSSR count). The van der Waals surface area contributed by atoms with Crippen molar-refractivity contribution in [2.24, 2.45) is 0 Å². The van der Waals surface area contributed by atoms with Gasteiger partial charge in [-0.15, -0.1) is 0 Å². The number of aliphatic hydroxyl groups is 1. The van der Waals surface area contributed by atoms with E-state index in [0.717, 1.165) is 0 Å². The van der Waals surface area contributed by atoms with Crippen LogP contribution in [0.15, 0.2) is 24.3 Å². The van der Waals surface area contributed by atoms with E-state index in [1.165, 1.54) is 31.2 Å². The molecule has 7 heteroatoms. The molecule has 1 amide bonds. The van der Waals surface area contributed by atoms with Gasteiger partial charge >= 0.3 is 11.6 Å². The van der Waals surface area contributed by atoms with Crippen molar-refractivity contribution < 1.29 is 19.8 Å². The van der Waals surface area contributed by atoms with Crippen LogP contribution >= 0.6 is 0 Å². The van der Waals surface area contributed by atoms with Crippen LogP contribution in [0.2, 0.25) is 0 Å². The van der Waals surface area contributed by atoms with Crippen molar-refractivity contribution in [2.75, 3.05) is 13.1 Å². The lowest BCUT2D eigenvalue weighted by molar-refractivity contribution is -0.468. The van der Waals surface area contributed by atoms with Crippen LogP contribution in [0.5, 0.6) is 0 Å². The third kappa shape index (κ3) is 2.15. The van der Waals surface area contributed by atoms with Crippen LogP contribution in [0.4, 0.5) is 0 Å². The molecular weight excluding hydrogens is 250 g/mol. The van der Waals surface area contributed by atoms with Crippen LogP contribution < -0.4 is 9.74 Å². The topological polar surface area (TPSA) is 100 Å². The number of amides is 1. The quantitative estimate of drug-likeness (QED) is 0.760. The number of hydrogen-bond donors (Lipinski definition) is 2. The monoisotopic (exact) mass is 267 g/mol. The number of nitrogens with one attached hydrogen (secondary N) is 1. The Morgan fingerprint density at radius 1 is 1.58 bits per heavy atom. The summed E-state index contributed by atoms with van der Waals surface area (Å²) in [6.07, 6.45) is 0. The smallest absolute Gasteiger partial charge is 0.346 e. The van der Waals surface area contributed by atoms with E-state index < -0.39 is 24.7 Å². The summed E-state index contributed by atoms with van der Waals surface area (Å²) < 4.78 is 29.1. The van der Waals surface area contributed by atoms with E-state index in [4.69, 9.17) is 10.6 Å². The molecule has 0 atom stereocenters. The summed E-state index contributed by atoms with van der Waals surface area (Å²) in [5, 5.41) is 22.8. The lowest BCUT2D eigenvalue weighted by Gasteiger charge is -2.15. The van der Waals surface area contributed by atoms with Crippen molar-refractivity contribution in [1.82, 2.24) is 10.0 Å². The summed E-state index contributed by atoms with van der Waals surface area (Å²) in [5.41, 5.74) is -1.06. The van der Waals surface area contributed by atoms with E-state index in [0.29, 0.717) is 4.73 Å². The number of aromatic nitrogens is 2. The molecule has 2 N–H and O–H groups in total. The number of nitrogens with zero attached hydrogens (tertiary/aromatic N) is 2. The van der Waals surface area contributed by atoms with Gasteiger partial charge in [0.25, 0.3) is 5.52 Å². The first kappa shape index (κ1) is 8.65. The number of carbonyl (C=O) groups excluding carboxylic acids is 1. The van der Waals surface area contributed by atoms with Gasteiger partial charge in [-0.3, -0.25) is 4.79 Å². The second-order valence-corrected chi connectivity index (χ2v) is 3.70. The average Bonchev–Trinajstić information content (AvgIpc) is 2.43. The Labute approximate surface area is 113 Å². The summed E-state index contributed by atoms with van der Waals surface area (Å²) in [6.45, 7) is -5.34. The number of benzene rings is 1. The molecule has 0 aliphatic carbocycles. The predicted molar refractivity (Wildman–Crippen MR) is 68.2 cm³/mol. The Kier molecular flexibility index (Phi) is 2.31. The molecule has 0 spiro atoms. The van der Waals surface area contributed by atoms with Gasteiger partial charge < -0.3 is 20.4 Å². The first-order chi connectivity index (χ1) is 10.5. The normalized spacial score (nSPS) is 15.3. The molecular formula is C12H13N3O4. The maximum absolute atomic E-state index is 12.3. The van der Waals surface area contributed by atoms with Crippen molar-refractivity contribution in [3.8, 4) is 0 Å². The Bertz CT molecular complexity index is 845. The van der Waals surface area contributed by atoms with Gasteiger partial charge in [0.1, 0.15) is 5.52 Å². The molecule has 0 saturated carbocycles. The Morgan fingerprint density at radius 2 is 2.26 bits per heavy atom. The molecule has 0 aliphatic heterocycles. The first-order valence-electron chi connectivity index (χ1n) is 7.26. The standard InChI is InChI=1S/C12H13N3O4/c1-8-11(12(17)13-6-7-16)15(19)10-5-3-2-4-9(10)14(8)18/h2-5,16H,6-7H2,1H3,(H,13,17)/i6D2,7D2. The van der Waals surface area contributed by atoms with Gasteiger partial charge in [-0.25, -0.2) is 0 Å². The van der Waals surface area contributed by atoms with Crippen LogP contribution in [0.25, 0.3) is 11.0 Å². The summed E-state index contributed by atoms with van der Waals surface area (Å²) in [7, 11) is 0. The zero-order chi connectivity index (χ0) is 17.6. The average molecular weight is 267 g/mol. The summed E-state index contributed by atoms with van der Waals surface area (Å²) in [4.78, 5) is 24.4. The van der Waals surface area contributed by atoms with Crippen molar-refractivity contribution in [1.29, 1.82) is 0 Å². The molecule has 0 fully saturated rings. The maximum atomic E-state index is 12.3. The van der Waals surface area contributed by atoms with Gasteiger partial charge in [0.15, 0.2) is 0 Å². The molecule has 0 aliphatic rings. The first-order valence-corrected chi connectivity index (χ1v) is 5.26. The highest BCUT2D eigenvalue weighted by Crippen LogP contribution is 2.13. The number of rotatable bonds is 3. The van der Waals surface area contributed by atoms with Gasteiger partial charge in [0.05, 0.1) is 22.2 Å². The third-order valence-corrected chi connectivity index (χ3v) is 2.62. The minimum Gasteiger partial charge on any atom is -0.805 e. The van der Waals surface area contributed by atoms with Crippen LogP contribution in [0.1, 0.15) is 21.7 Å². The summed E-state index contributed by atoms with van der Waals surface area (Å²) >= 11 is 0. The van der Waals surface area contributed by atoms with Gasteiger partial charge in [-0.05, 0) is 13.0 Å². The predicted octanol–water partition coefficient (Wildman–Crippen LogP) is -0.0678. The van der Waals surface area contributed by atoms with Gasteiger partial charge in [0, 0.05) is 17.5 Å². The summed E-state index contributed by atoms with van der Waals surface area (Å²) in [6, 6.07) is 5.72. The number of para-hydroxylation sites is 2. The fraction of sp³-hybridized carbons (Fsp3) is 0.250. The molecule has 100 valence electrons. The van der Waals surface area contributed by atoms with Gasteiger partial charge in [-0.1, -0.05) is 12.1 Å². The SMILES string of the molecule is [2H]C([2H])(O)C([2H])([2H])NC(=O)c1c(C)n([O-])c2ccccc2[n+]1=O. The van der Waals surface area contributed by atoms with Crippen molar-refractivity contribution in [3.63, 3.8) is 0 Å². The van der Waals surface area contributed by atoms with Crippen molar-refractivity contribution in [2.45, 2.75) is 6.92 Å². The molecule has 1 heterocycles. The highest BCUT2D eigenvalue weighted by molar-refractivity contribution is 5.93. The van der Waals surface area contributed by atoms with Crippen LogP contribution in [-0.2, 0) is 0 Å². The molecule has 7 nitrogen and oxygen atoms in total. The van der Waals surface area contributed by atoms with E-state index >= 15 is 0 Å². The second-order valence-electron chi connectivity index (χ2n) is 3.70. The minimum absolute atomic E-state index is 0.0250. The van der Waals surface area contributed by atoms with E-state index in [-0.39, 0.29) is 21.2 Å². The molecule has 1 aromatic heterocycles. The van der Waals surface area contributed by atoms with Gasteiger partial charge in [-0.2, -0.15) is 0 Å². The minimum atomic E-state index is -3.38. The fourth-order valence-electron chi connectivity index (χ4n) is 1.75. The lowest BCUT2D eigenvalue weighted by atomic mass is 10.2. The molecule has 0 saturated heterocycles. The molecule has 19 heavy (non-hydrogen) atoms. The van der Waals surface area contributed by atoms with Crippen LogP contribution in [0.3, 0.4) is 0 Å². The maximum Gasteiger partial charge on any atom is 0.346 e. The van der Waals surface area contributed by atoms with E-state index in [9.17, 15) is 14.9 Å². The highest BCUT2D eigenvalue weighted by Gasteiger charge is 2.26. The number of carbonyl (C=O) groups is 1. The van der Waals surface area contributed by atoms with Crippen LogP contribution in [-0.4, -0.2) is 28.8 Å². The third-order valence-electron chi connectivity index (χ3n) is 2.62. The molecule has 0 bridgehead atoms. The molecule has 2 aromatic rings. The Morgan fingerprint density at radius 3 is 2.95 bits per heavy atom. The van der Waals surface area contributed by atoms with E-state index in [2.05, 4.69) is 0 Å². The molecule has 0 unspecified atom stereocenters. The zero-order valence-electron chi connectivity index (χ0n) is 13.9. The Balaban J connectivity index is 2.61. The van der Waals surface area contributed by atoms with E-state index in [1.807, 2.05) is 0 Å². The molecule has 0 radical (unpaired) electrons. The van der Waals surface area contributed by atoms with Gasteiger partial charge in [0.2, 0.25) is 0 Å². The largest absolute Gasteiger partial charge is 0.805 e. The number of hydrogen-bond acceptors (Lipinski definition) is 4.